The fraction of sp³-hybridized carbons (Fsp3) is 0.375. The summed E-state index contributed by atoms with van der Waals surface area (Å²) in [4.78, 5) is 29.5. The number of amides is 2. The van der Waals surface area contributed by atoms with E-state index in [-0.39, 0.29) is 45.9 Å². The van der Waals surface area contributed by atoms with Crippen LogP contribution in [0.1, 0.15) is 86.8 Å². The molecule has 4 aliphatic rings. The summed E-state index contributed by atoms with van der Waals surface area (Å²) in [6.45, 7) is 13.1. The second-order valence-electron chi connectivity index (χ2n) is 13.0. The number of carbonyl (C=O) groups excluding carboxylic acids is 2. The number of hydrogen-bond acceptors (Lipinski definition) is 4. The highest BCUT2D eigenvalue weighted by molar-refractivity contribution is 6.24. The number of carbonyl (C=O) groups is 2. The lowest BCUT2D eigenvalue weighted by Crippen LogP contribution is -2.99. The zero-order chi connectivity index (χ0) is 27.3. The maximum atomic E-state index is 14.2. The molecule has 1 fully saturated rings. The summed E-state index contributed by atoms with van der Waals surface area (Å²) in [5, 5.41) is 20.7. The maximum absolute atomic E-state index is 14.2. The van der Waals surface area contributed by atoms with Gasteiger partial charge in [0.1, 0.15) is 5.69 Å². The van der Waals surface area contributed by atoms with E-state index in [2.05, 4.69) is 77.9 Å². The Labute approximate surface area is 223 Å². The molecular weight excluding hydrogens is 476 g/mol. The summed E-state index contributed by atoms with van der Waals surface area (Å²) in [5.74, 6) is -2.26. The molecule has 0 spiro atoms. The van der Waals surface area contributed by atoms with Crippen LogP contribution in [0.2, 0.25) is 0 Å². The van der Waals surface area contributed by atoms with Crippen LogP contribution in [-0.2, 0) is 20.4 Å². The first-order valence-electron chi connectivity index (χ1n) is 13.3. The summed E-state index contributed by atoms with van der Waals surface area (Å²) in [6.07, 6.45) is 0. The van der Waals surface area contributed by atoms with Crippen LogP contribution >= 0.6 is 0 Å². The number of quaternary nitrogens is 1. The second kappa shape index (κ2) is 8.09. The van der Waals surface area contributed by atoms with Gasteiger partial charge in [0, 0.05) is 17.9 Å². The molecule has 3 aromatic carbocycles. The number of hydrogen-bond donors (Lipinski definition) is 2. The zero-order valence-corrected chi connectivity index (χ0v) is 22.7. The maximum Gasteiger partial charge on any atom is 0.238 e. The van der Waals surface area contributed by atoms with Gasteiger partial charge in [0.15, 0.2) is 5.69 Å². The van der Waals surface area contributed by atoms with Crippen molar-refractivity contribution in [3.8, 4) is 0 Å². The van der Waals surface area contributed by atoms with E-state index in [1.54, 1.807) is 18.2 Å². The predicted molar refractivity (Wildman–Crippen MR) is 146 cm³/mol. The van der Waals surface area contributed by atoms with Crippen molar-refractivity contribution in [2.75, 3.05) is 4.90 Å². The van der Waals surface area contributed by atoms with Gasteiger partial charge < -0.3 is 5.21 Å². The zero-order valence-electron chi connectivity index (χ0n) is 22.7. The van der Waals surface area contributed by atoms with E-state index in [9.17, 15) is 20.0 Å². The topological polar surface area (TPSA) is 85.1 Å². The van der Waals surface area contributed by atoms with E-state index >= 15 is 0 Å². The summed E-state index contributed by atoms with van der Waals surface area (Å²) in [6, 6.07) is 19.4. The molecule has 6 nitrogen and oxygen atoms in total. The molecule has 196 valence electrons. The smallest absolute Gasteiger partial charge is 0.238 e. The van der Waals surface area contributed by atoms with E-state index in [1.165, 1.54) is 17.2 Å². The molecule has 1 aliphatic heterocycles. The normalized spacial score (nSPS) is 24.8. The molecule has 1 heterocycles. The van der Waals surface area contributed by atoms with Crippen molar-refractivity contribution in [2.24, 2.45) is 11.8 Å². The summed E-state index contributed by atoms with van der Waals surface area (Å²) in [5.41, 5.74) is 6.83. The average molecular weight is 511 g/mol. The highest BCUT2D eigenvalue weighted by atomic mass is 16.8. The van der Waals surface area contributed by atoms with Crippen molar-refractivity contribution < 1.29 is 20.0 Å². The van der Waals surface area contributed by atoms with Crippen molar-refractivity contribution in [3.05, 3.63) is 99.3 Å². The summed E-state index contributed by atoms with van der Waals surface area (Å²) in [7, 11) is 0. The van der Waals surface area contributed by atoms with Crippen LogP contribution in [-0.4, -0.2) is 17.0 Å². The van der Waals surface area contributed by atoms with Gasteiger partial charge in [-0.25, -0.2) is 10.1 Å². The highest BCUT2D eigenvalue weighted by Crippen LogP contribution is 2.62. The van der Waals surface area contributed by atoms with Gasteiger partial charge in [0.2, 0.25) is 11.8 Å². The van der Waals surface area contributed by atoms with Crippen molar-refractivity contribution in [1.82, 2.24) is 0 Å². The van der Waals surface area contributed by atoms with Gasteiger partial charge in [0.05, 0.1) is 11.8 Å². The average Bonchev–Trinajstić information content (AvgIpc) is 3.12. The number of imide groups is 1. The minimum atomic E-state index is -1.16. The fourth-order valence-electron chi connectivity index (χ4n) is 6.80. The Morgan fingerprint density at radius 3 is 1.58 bits per heavy atom. The van der Waals surface area contributed by atoms with Crippen LogP contribution in [0.15, 0.2) is 60.7 Å². The molecule has 3 aromatic rings. The largest absolute Gasteiger partial charge is 0.595 e. The van der Waals surface area contributed by atoms with E-state index in [4.69, 9.17) is 0 Å². The van der Waals surface area contributed by atoms with Crippen LogP contribution in [0.3, 0.4) is 0 Å². The lowest BCUT2D eigenvalue weighted by molar-refractivity contribution is -0.990. The quantitative estimate of drug-likeness (QED) is 0.372. The molecule has 38 heavy (non-hydrogen) atoms. The number of nitrogens with one attached hydrogen (secondary N) is 1. The minimum absolute atomic E-state index is 0.0414. The van der Waals surface area contributed by atoms with Crippen molar-refractivity contribution in [2.45, 2.75) is 64.2 Å². The summed E-state index contributed by atoms with van der Waals surface area (Å²) >= 11 is 0. The lowest BCUT2D eigenvalue weighted by atomic mass is 9.54. The number of para-hydroxylation sites is 2. The van der Waals surface area contributed by atoms with E-state index in [0.29, 0.717) is 0 Å². The SMILES string of the molecule is CC(C)(C)c1ccc2c(c1)C1c3ccc(C(C)(C)C)cc3C2C2C(=O)N(c3ccccc3[NH+]([O-])O)C(=O)C12. The summed E-state index contributed by atoms with van der Waals surface area (Å²) < 4.78 is 0. The van der Waals surface area contributed by atoms with Gasteiger partial charge in [-0.2, -0.15) is 5.23 Å². The Hall–Kier alpha value is -3.32. The molecule has 0 radical (unpaired) electrons. The molecule has 6 heteroatoms. The van der Waals surface area contributed by atoms with E-state index in [0.717, 1.165) is 27.2 Å². The van der Waals surface area contributed by atoms with Crippen molar-refractivity contribution >= 4 is 23.2 Å². The molecule has 2 amide bonds. The Morgan fingerprint density at radius 1 is 0.711 bits per heavy atom. The number of anilines is 1. The number of benzene rings is 3. The third-order valence-electron chi connectivity index (χ3n) is 8.74. The molecule has 5 unspecified atom stereocenters. The molecule has 3 aliphatic carbocycles. The standard InChI is InChI=1S/C32H34N2O4/c1-31(2,3)17-11-13-19-21(15-17)25-20-14-12-18(32(4,5)6)16-22(20)26(19)28-27(25)29(35)33(30(28)36)23-9-7-8-10-24(23)34(37)38/h7-16,25-28,34,37H,1-6H3. The van der Waals surface area contributed by atoms with Crippen LogP contribution < -0.4 is 10.1 Å². The van der Waals surface area contributed by atoms with Crippen LogP contribution in [0, 0.1) is 17.0 Å². The lowest BCUT2D eigenvalue weighted by Gasteiger charge is -2.47. The fourth-order valence-corrected chi connectivity index (χ4v) is 6.80. The van der Waals surface area contributed by atoms with E-state index < -0.39 is 17.1 Å². The number of nitrogens with zero attached hydrogens (tertiary/aromatic N) is 1. The Morgan fingerprint density at radius 2 is 1.16 bits per heavy atom. The van der Waals surface area contributed by atoms with Crippen molar-refractivity contribution in [1.29, 1.82) is 0 Å². The van der Waals surface area contributed by atoms with Gasteiger partial charge in [-0.3, -0.25) is 9.59 Å². The first kappa shape index (κ1) is 25.0. The Balaban J connectivity index is 1.58. The predicted octanol–water partition coefficient (Wildman–Crippen LogP) is 5.08. The van der Waals surface area contributed by atoms with Crippen LogP contribution in [0.5, 0.6) is 0 Å². The van der Waals surface area contributed by atoms with Crippen LogP contribution in [0.25, 0.3) is 0 Å². The monoisotopic (exact) mass is 510 g/mol. The van der Waals surface area contributed by atoms with Gasteiger partial charge in [-0.1, -0.05) is 90.1 Å². The van der Waals surface area contributed by atoms with Gasteiger partial charge in [-0.15, -0.1) is 0 Å². The third-order valence-corrected chi connectivity index (χ3v) is 8.74. The van der Waals surface area contributed by atoms with Crippen LogP contribution in [0.4, 0.5) is 11.4 Å². The molecule has 0 saturated carbocycles. The Kier molecular flexibility index (Phi) is 5.32. The van der Waals surface area contributed by atoms with Gasteiger partial charge in [0.25, 0.3) is 0 Å². The highest BCUT2D eigenvalue weighted by Gasteiger charge is 2.62. The van der Waals surface area contributed by atoms with Gasteiger partial charge >= 0.3 is 0 Å². The number of rotatable bonds is 2. The minimum Gasteiger partial charge on any atom is -0.595 e. The molecule has 5 atom stereocenters. The molecular formula is C32H34N2O4. The molecule has 2 N–H and O–H groups in total. The Bertz CT molecular complexity index is 1410. The molecule has 7 rings (SSSR count). The van der Waals surface area contributed by atoms with E-state index in [1.807, 2.05) is 0 Å². The first-order chi connectivity index (χ1) is 17.8. The molecule has 1 saturated heterocycles. The third kappa shape index (κ3) is 3.44. The molecule has 0 aromatic heterocycles. The molecule has 2 bridgehead atoms. The second-order valence-corrected chi connectivity index (χ2v) is 13.0. The van der Waals surface area contributed by atoms with Gasteiger partial charge in [-0.05, 0) is 50.3 Å². The van der Waals surface area contributed by atoms with Crippen molar-refractivity contribution in [3.63, 3.8) is 0 Å². The first-order valence-corrected chi connectivity index (χ1v) is 13.3.